The highest BCUT2D eigenvalue weighted by Gasteiger charge is 2.33. The summed E-state index contributed by atoms with van der Waals surface area (Å²) in [7, 11) is 0. The van der Waals surface area contributed by atoms with Crippen molar-refractivity contribution in [2.45, 2.75) is 36.3 Å². The lowest BCUT2D eigenvalue weighted by Gasteiger charge is -2.24. The number of thioether (sulfide) groups is 1. The van der Waals surface area contributed by atoms with Crippen LogP contribution in [0, 0.1) is 6.92 Å². The van der Waals surface area contributed by atoms with Crippen molar-refractivity contribution in [1.29, 1.82) is 0 Å². The quantitative estimate of drug-likeness (QED) is 0.444. The van der Waals surface area contributed by atoms with Gasteiger partial charge in [0.1, 0.15) is 5.82 Å². The van der Waals surface area contributed by atoms with E-state index in [-0.39, 0.29) is 23.7 Å². The highest BCUT2D eigenvalue weighted by atomic mass is 32.2. The van der Waals surface area contributed by atoms with E-state index in [0.717, 1.165) is 23.3 Å². The minimum atomic E-state index is -4.46. The number of amides is 1. The van der Waals surface area contributed by atoms with Gasteiger partial charge in [-0.15, -0.1) is 0 Å². The summed E-state index contributed by atoms with van der Waals surface area (Å²) in [5, 5.41) is 2.98. The number of hydrogen-bond acceptors (Lipinski definition) is 4. The third-order valence-electron chi connectivity index (χ3n) is 5.20. The summed E-state index contributed by atoms with van der Waals surface area (Å²) in [6, 6.07) is 12.4. The van der Waals surface area contributed by atoms with Crippen LogP contribution in [0.3, 0.4) is 0 Å². The smallest absolute Gasteiger partial charge is 0.310 e. The topological polar surface area (TPSA) is 74.8 Å². The van der Waals surface area contributed by atoms with Crippen LogP contribution in [-0.4, -0.2) is 15.9 Å². The van der Waals surface area contributed by atoms with E-state index in [1.165, 1.54) is 23.9 Å². The number of nitrogens with zero attached hydrogens (tertiary/aromatic N) is 1. The average Bonchev–Trinajstić information content (AvgIpc) is 2.72. The molecule has 0 saturated heterocycles. The summed E-state index contributed by atoms with van der Waals surface area (Å²) < 4.78 is 38.6. The van der Waals surface area contributed by atoms with Gasteiger partial charge in [-0.05, 0) is 35.7 Å². The first-order valence-corrected chi connectivity index (χ1v) is 10.5. The summed E-state index contributed by atoms with van der Waals surface area (Å²) in [6.45, 7) is 1.99. The zero-order valence-electron chi connectivity index (χ0n) is 16.4. The number of rotatable bonds is 4. The predicted molar refractivity (Wildman–Crippen MR) is 112 cm³/mol. The maximum absolute atomic E-state index is 12.9. The number of fused-ring (bicyclic) bond motifs is 1. The molecule has 1 atom stereocenters. The van der Waals surface area contributed by atoms with Gasteiger partial charge in [0, 0.05) is 18.1 Å². The SMILES string of the molecule is Cc1ccccc1CSc1nc2c(c(=O)[nH]1)C(c1ccc(C(F)(F)F)cc1)CC(=O)N2. The molecule has 1 amide bonds. The van der Waals surface area contributed by atoms with Crippen molar-refractivity contribution >= 4 is 23.5 Å². The molecule has 0 aliphatic carbocycles. The molecular formula is C22H18F3N3O2S. The summed E-state index contributed by atoms with van der Waals surface area (Å²) in [4.78, 5) is 32.2. The van der Waals surface area contributed by atoms with Crippen LogP contribution in [0.15, 0.2) is 58.5 Å². The lowest BCUT2D eigenvalue weighted by atomic mass is 9.86. The van der Waals surface area contributed by atoms with Crippen molar-refractivity contribution < 1.29 is 18.0 Å². The van der Waals surface area contributed by atoms with Gasteiger partial charge >= 0.3 is 6.18 Å². The van der Waals surface area contributed by atoms with Crippen LogP contribution in [0.25, 0.3) is 0 Å². The molecule has 2 heterocycles. The van der Waals surface area contributed by atoms with Crippen LogP contribution in [0.1, 0.15) is 40.2 Å². The Kier molecular flexibility index (Phi) is 5.62. The molecule has 9 heteroatoms. The van der Waals surface area contributed by atoms with E-state index in [2.05, 4.69) is 15.3 Å². The molecule has 0 saturated carbocycles. The number of nitrogens with one attached hydrogen (secondary N) is 2. The number of aryl methyl sites for hydroxylation is 1. The molecule has 0 bridgehead atoms. The molecule has 160 valence electrons. The highest BCUT2D eigenvalue weighted by Crippen LogP contribution is 2.36. The van der Waals surface area contributed by atoms with E-state index in [1.54, 1.807) is 0 Å². The molecule has 5 nitrogen and oxygen atoms in total. The molecule has 1 unspecified atom stereocenters. The number of anilines is 1. The number of carbonyl (C=O) groups excluding carboxylic acids is 1. The van der Waals surface area contributed by atoms with Crippen LogP contribution >= 0.6 is 11.8 Å². The van der Waals surface area contributed by atoms with E-state index in [9.17, 15) is 22.8 Å². The molecular weight excluding hydrogens is 427 g/mol. The normalized spacial score (nSPS) is 16.0. The average molecular weight is 445 g/mol. The van der Waals surface area contributed by atoms with Gasteiger partial charge < -0.3 is 10.3 Å². The Bertz CT molecular complexity index is 1190. The van der Waals surface area contributed by atoms with Gasteiger partial charge in [0.25, 0.3) is 5.56 Å². The lowest BCUT2D eigenvalue weighted by molar-refractivity contribution is -0.137. The minimum absolute atomic E-state index is 0.0428. The van der Waals surface area contributed by atoms with Crippen molar-refractivity contribution in [2.24, 2.45) is 0 Å². The van der Waals surface area contributed by atoms with E-state index >= 15 is 0 Å². The first-order chi connectivity index (χ1) is 14.7. The number of aromatic amines is 1. The Morgan fingerprint density at radius 3 is 2.48 bits per heavy atom. The fourth-order valence-corrected chi connectivity index (χ4v) is 4.46. The number of carbonyl (C=O) groups is 1. The maximum atomic E-state index is 12.9. The first-order valence-electron chi connectivity index (χ1n) is 9.51. The first kappa shape index (κ1) is 21.2. The summed E-state index contributed by atoms with van der Waals surface area (Å²) in [6.07, 6.45) is -4.50. The molecule has 0 spiro atoms. The molecule has 0 fully saturated rings. The number of halogens is 3. The predicted octanol–water partition coefficient (Wildman–Crippen LogP) is 4.86. The van der Waals surface area contributed by atoms with Crippen LogP contribution < -0.4 is 10.9 Å². The molecule has 2 N–H and O–H groups in total. The molecule has 1 aromatic heterocycles. The third-order valence-corrected chi connectivity index (χ3v) is 6.12. The molecule has 2 aromatic carbocycles. The Hall–Kier alpha value is -3.07. The molecule has 0 radical (unpaired) electrons. The van der Waals surface area contributed by atoms with E-state index < -0.39 is 23.2 Å². The van der Waals surface area contributed by atoms with Crippen molar-refractivity contribution in [3.05, 3.63) is 86.7 Å². The molecule has 31 heavy (non-hydrogen) atoms. The van der Waals surface area contributed by atoms with Gasteiger partial charge in [-0.1, -0.05) is 48.2 Å². The molecule has 1 aliphatic heterocycles. The third kappa shape index (κ3) is 4.51. The van der Waals surface area contributed by atoms with Gasteiger partial charge in [-0.25, -0.2) is 4.98 Å². The lowest BCUT2D eigenvalue weighted by Crippen LogP contribution is -2.31. The standard InChI is InChI=1S/C22H18F3N3O2S/c1-12-4-2-3-5-14(12)11-31-21-27-19-18(20(30)28-21)16(10-17(29)26-19)13-6-8-15(9-7-13)22(23,24)25/h2-9,16H,10-11H2,1H3,(H2,26,27,28,29,30). The monoisotopic (exact) mass is 445 g/mol. The van der Waals surface area contributed by atoms with E-state index in [0.29, 0.717) is 16.5 Å². The van der Waals surface area contributed by atoms with Crippen molar-refractivity contribution in [1.82, 2.24) is 9.97 Å². The number of alkyl halides is 3. The van der Waals surface area contributed by atoms with Gasteiger partial charge in [-0.2, -0.15) is 13.2 Å². The summed E-state index contributed by atoms with van der Waals surface area (Å²) >= 11 is 1.33. The molecule has 3 aromatic rings. The van der Waals surface area contributed by atoms with Gasteiger partial charge in [0.05, 0.1) is 11.1 Å². The van der Waals surface area contributed by atoms with Crippen molar-refractivity contribution in [3.8, 4) is 0 Å². The fourth-order valence-electron chi connectivity index (χ4n) is 3.53. The number of aromatic nitrogens is 2. The largest absolute Gasteiger partial charge is 0.416 e. The molecule has 1 aliphatic rings. The second-order valence-corrected chi connectivity index (χ2v) is 8.24. The van der Waals surface area contributed by atoms with Crippen molar-refractivity contribution in [2.75, 3.05) is 5.32 Å². The Morgan fingerprint density at radius 1 is 1.10 bits per heavy atom. The van der Waals surface area contributed by atoms with Crippen LogP contribution in [-0.2, 0) is 16.7 Å². The van der Waals surface area contributed by atoms with Gasteiger partial charge in [0.2, 0.25) is 5.91 Å². The van der Waals surface area contributed by atoms with Crippen molar-refractivity contribution in [3.63, 3.8) is 0 Å². The van der Waals surface area contributed by atoms with E-state index in [4.69, 9.17) is 0 Å². The number of H-pyrrole nitrogens is 1. The van der Waals surface area contributed by atoms with Crippen LogP contribution in [0.5, 0.6) is 0 Å². The van der Waals surface area contributed by atoms with E-state index in [1.807, 2.05) is 31.2 Å². The van der Waals surface area contributed by atoms with Crippen LogP contribution in [0.4, 0.5) is 19.0 Å². The van der Waals surface area contributed by atoms with Gasteiger partial charge in [0.15, 0.2) is 5.16 Å². The Morgan fingerprint density at radius 2 is 1.81 bits per heavy atom. The number of benzene rings is 2. The Balaban J connectivity index is 1.64. The second-order valence-electron chi connectivity index (χ2n) is 7.27. The molecule has 4 rings (SSSR count). The van der Waals surface area contributed by atoms with Crippen LogP contribution in [0.2, 0.25) is 0 Å². The highest BCUT2D eigenvalue weighted by molar-refractivity contribution is 7.98. The fraction of sp³-hybridized carbons (Fsp3) is 0.227. The number of hydrogen-bond donors (Lipinski definition) is 2. The minimum Gasteiger partial charge on any atom is -0.310 e. The zero-order valence-corrected chi connectivity index (χ0v) is 17.2. The Labute approximate surface area is 180 Å². The zero-order chi connectivity index (χ0) is 22.2. The summed E-state index contributed by atoms with van der Waals surface area (Å²) in [5.41, 5.74) is 1.72. The second kappa shape index (κ2) is 8.22. The summed E-state index contributed by atoms with van der Waals surface area (Å²) in [5.74, 6) is -0.273. The van der Waals surface area contributed by atoms with Gasteiger partial charge in [-0.3, -0.25) is 9.59 Å². The maximum Gasteiger partial charge on any atom is 0.416 e.